The Kier molecular flexibility index (Phi) is 4.96. The summed E-state index contributed by atoms with van der Waals surface area (Å²) >= 11 is 0. The molecule has 3 rings (SSSR count). The van der Waals surface area contributed by atoms with Crippen LogP contribution in [-0.4, -0.2) is 73.0 Å². The van der Waals surface area contributed by atoms with Gasteiger partial charge in [-0.05, 0) is 41.0 Å². The predicted octanol–water partition coefficient (Wildman–Crippen LogP) is 1.70. The van der Waals surface area contributed by atoms with E-state index in [0.29, 0.717) is 19.6 Å². The van der Waals surface area contributed by atoms with E-state index >= 15 is 0 Å². The van der Waals surface area contributed by atoms with Crippen molar-refractivity contribution in [2.45, 2.75) is 76.8 Å². The first-order valence-corrected chi connectivity index (χ1v) is 9.05. The largest absolute Gasteiger partial charge is 0.467 e. The molecule has 0 saturated carbocycles. The normalized spacial score (nSPS) is 36.1. The molecular weight excluding hydrogens is 342 g/mol. The van der Waals surface area contributed by atoms with Crippen LogP contribution in [0.3, 0.4) is 0 Å². The van der Waals surface area contributed by atoms with E-state index in [4.69, 9.17) is 23.7 Å². The van der Waals surface area contributed by atoms with Gasteiger partial charge in [-0.15, -0.1) is 0 Å². The smallest absolute Gasteiger partial charge is 0.411 e. The van der Waals surface area contributed by atoms with E-state index in [1.807, 2.05) is 13.8 Å². The lowest BCUT2D eigenvalue weighted by atomic mass is 9.95. The summed E-state index contributed by atoms with van der Waals surface area (Å²) < 4.78 is 28.3. The average Bonchev–Trinajstić information content (AvgIpc) is 2.95. The van der Waals surface area contributed by atoms with Gasteiger partial charge in [0.25, 0.3) is 0 Å². The minimum absolute atomic E-state index is 0.0564. The first-order valence-electron chi connectivity index (χ1n) is 9.05. The number of methoxy groups -OCH3 is 1. The third-order valence-corrected chi connectivity index (χ3v) is 4.89. The predicted molar refractivity (Wildman–Crippen MR) is 90.4 cm³/mol. The summed E-state index contributed by atoms with van der Waals surface area (Å²) in [6.45, 7) is 9.78. The summed E-state index contributed by atoms with van der Waals surface area (Å²) in [7, 11) is 1.31. The number of carbonyl (C=O) groups is 2. The number of ether oxygens (including phenoxy) is 5. The molecule has 26 heavy (non-hydrogen) atoms. The molecule has 0 aromatic heterocycles. The molecule has 5 atom stereocenters. The minimum Gasteiger partial charge on any atom is -0.467 e. The molecule has 0 aromatic carbocycles. The van der Waals surface area contributed by atoms with Crippen LogP contribution in [0.1, 0.15) is 41.0 Å². The van der Waals surface area contributed by atoms with E-state index in [-0.39, 0.29) is 18.1 Å². The lowest BCUT2D eigenvalue weighted by Gasteiger charge is -2.29. The van der Waals surface area contributed by atoms with E-state index in [2.05, 4.69) is 0 Å². The Morgan fingerprint density at radius 1 is 1.15 bits per heavy atom. The van der Waals surface area contributed by atoms with Gasteiger partial charge >= 0.3 is 12.1 Å². The highest BCUT2D eigenvalue weighted by atomic mass is 16.8. The number of carbonyl (C=O) groups excluding carboxylic acids is 2. The summed E-state index contributed by atoms with van der Waals surface area (Å²) in [5, 5.41) is 0. The number of esters is 1. The zero-order valence-electron chi connectivity index (χ0n) is 16.3. The van der Waals surface area contributed by atoms with Crippen molar-refractivity contribution in [2.24, 2.45) is 5.92 Å². The lowest BCUT2D eigenvalue weighted by molar-refractivity contribution is -0.164. The molecule has 0 spiro atoms. The van der Waals surface area contributed by atoms with Crippen molar-refractivity contribution in [1.82, 2.24) is 4.90 Å². The second-order valence-corrected chi connectivity index (χ2v) is 8.61. The van der Waals surface area contributed by atoms with Gasteiger partial charge in [0.1, 0.15) is 11.7 Å². The second-order valence-electron chi connectivity index (χ2n) is 8.61. The maximum Gasteiger partial charge on any atom is 0.411 e. The van der Waals surface area contributed by atoms with Crippen LogP contribution in [0.4, 0.5) is 4.79 Å². The fraction of sp³-hybridized carbons (Fsp3) is 0.889. The molecule has 0 aromatic rings. The van der Waals surface area contributed by atoms with Crippen molar-refractivity contribution >= 4 is 12.1 Å². The molecule has 0 radical (unpaired) electrons. The number of hydrogen-bond donors (Lipinski definition) is 0. The summed E-state index contributed by atoms with van der Waals surface area (Å²) in [4.78, 5) is 26.5. The van der Waals surface area contributed by atoms with Gasteiger partial charge < -0.3 is 23.7 Å². The van der Waals surface area contributed by atoms with Crippen LogP contribution < -0.4 is 0 Å². The van der Waals surface area contributed by atoms with Crippen LogP contribution in [0.5, 0.6) is 0 Å². The molecule has 0 bridgehead atoms. The number of nitrogens with zero attached hydrogens (tertiary/aromatic N) is 1. The molecular formula is C18H29NO7. The van der Waals surface area contributed by atoms with Crippen LogP contribution in [0.25, 0.3) is 0 Å². The van der Waals surface area contributed by atoms with Gasteiger partial charge in [-0.3, -0.25) is 4.90 Å². The molecule has 3 heterocycles. The van der Waals surface area contributed by atoms with Gasteiger partial charge in [0.15, 0.2) is 11.8 Å². The van der Waals surface area contributed by atoms with Crippen LogP contribution in [-0.2, 0) is 28.5 Å². The molecule has 1 amide bonds. The Hall–Kier alpha value is -1.38. The number of amides is 1. The van der Waals surface area contributed by atoms with Crippen molar-refractivity contribution < 1.29 is 33.3 Å². The van der Waals surface area contributed by atoms with Gasteiger partial charge in [-0.2, -0.15) is 0 Å². The highest BCUT2D eigenvalue weighted by Gasteiger charge is 2.55. The first-order chi connectivity index (χ1) is 12.0. The van der Waals surface area contributed by atoms with Gasteiger partial charge in [-0.1, -0.05) is 0 Å². The highest BCUT2D eigenvalue weighted by Crippen LogP contribution is 2.40. The topological polar surface area (TPSA) is 83.5 Å². The van der Waals surface area contributed by atoms with Crippen molar-refractivity contribution in [2.75, 3.05) is 20.3 Å². The van der Waals surface area contributed by atoms with E-state index in [1.54, 1.807) is 20.8 Å². The fourth-order valence-electron chi connectivity index (χ4n) is 3.99. The fourth-order valence-corrected chi connectivity index (χ4v) is 3.99. The zero-order valence-corrected chi connectivity index (χ0v) is 16.3. The Labute approximate surface area is 154 Å². The Balaban J connectivity index is 1.80. The highest BCUT2D eigenvalue weighted by molar-refractivity contribution is 5.83. The van der Waals surface area contributed by atoms with Crippen molar-refractivity contribution in [3.63, 3.8) is 0 Å². The molecule has 3 aliphatic rings. The van der Waals surface area contributed by atoms with Crippen molar-refractivity contribution in [3.8, 4) is 0 Å². The number of rotatable bonds is 1. The Morgan fingerprint density at radius 3 is 2.42 bits per heavy atom. The molecule has 3 saturated heterocycles. The SMILES string of the molecule is COC(=O)[C@@H]1[C@@H]2OC[C@@H]3OC(C)(C)O[C@@H]3C[C@H]2CN1C(=O)OC(C)(C)C. The maximum atomic E-state index is 12.6. The molecule has 0 unspecified atom stereocenters. The summed E-state index contributed by atoms with van der Waals surface area (Å²) in [6.07, 6.45) is -0.660. The van der Waals surface area contributed by atoms with Gasteiger partial charge in [-0.25, -0.2) is 9.59 Å². The molecule has 0 aliphatic carbocycles. The molecule has 0 N–H and O–H groups in total. The first kappa shape index (κ1) is 19.4. The van der Waals surface area contributed by atoms with Crippen molar-refractivity contribution in [1.29, 1.82) is 0 Å². The maximum absolute atomic E-state index is 12.6. The van der Waals surface area contributed by atoms with Crippen LogP contribution in [0.2, 0.25) is 0 Å². The molecule has 8 heteroatoms. The van der Waals surface area contributed by atoms with Crippen molar-refractivity contribution in [3.05, 3.63) is 0 Å². The lowest BCUT2D eigenvalue weighted by Crippen LogP contribution is -2.48. The quantitative estimate of drug-likeness (QED) is 0.649. The zero-order chi connectivity index (χ0) is 19.3. The van der Waals surface area contributed by atoms with E-state index in [1.165, 1.54) is 12.0 Å². The molecule has 3 fully saturated rings. The molecule has 8 nitrogen and oxygen atoms in total. The molecule has 3 aliphatic heterocycles. The van der Waals surface area contributed by atoms with E-state index in [0.717, 1.165) is 0 Å². The second kappa shape index (κ2) is 6.65. The summed E-state index contributed by atoms with van der Waals surface area (Å²) in [5.41, 5.74) is -0.652. The van der Waals surface area contributed by atoms with E-state index in [9.17, 15) is 9.59 Å². The van der Waals surface area contributed by atoms with Crippen LogP contribution in [0.15, 0.2) is 0 Å². The van der Waals surface area contributed by atoms with Crippen LogP contribution >= 0.6 is 0 Å². The van der Waals surface area contributed by atoms with Gasteiger partial charge in [0.05, 0.1) is 25.9 Å². The Bertz CT molecular complexity index is 570. The van der Waals surface area contributed by atoms with Gasteiger partial charge in [0, 0.05) is 12.5 Å². The minimum atomic E-state index is -0.827. The Morgan fingerprint density at radius 2 is 1.81 bits per heavy atom. The van der Waals surface area contributed by atoms with E-state index < -0.39 is 35.6 Å². The standard InChI is InChI=1S/C18H29NO7/c1-17(2,3)26-16(21)19-8-10-7-11-12(25-18(4,5)24-11)9-23-14(10)13(19)15(20)22-6/h10-14H,7-9H2,1-6H3/t10-,11+,12-,13-,14+/m0/s1. The number of likely N-dealkylation sites (tertiary alicyclic amines) is 1. The van der Waals surface area contributed by atoms with Crippen LogP contribution in [0, 0.1) is 5.92 Å². The number of fused-ring (bicyclic) bond motifs is 2. The summed E-state index contributed by atoms with van der Waals surface area (Å²) in [5.74, 6) is -1.21. The molecule has 148 valence electrons. The average molecular weight is 371 g/mol. The van der Waals surface area contributed by atoms with Gasteiger partial charge in [0.2, 0.25) is 0 Å². The third-order valence-electron chi connectivity index (χ3n) is 4.89. The number of hydrogen-bond acceptors (Lipinski definition) is 7. The third kappa shape index (κ3) is 3.82. The monoisotopic (exact) mass is 371 g/mol. The summed E-state index contributed by atoms with van der Waals surface area (Å²) in [6, 6.07) is -0.827.